The zero-order chi connectivity index (χ0) is 19.3. The van der Waals surface area contributed by atoms with Crippen molar-refractivity contribution >= 4 is 28.3 Å². The van der Waals surface area contributed by atoms with Crippen LogP contribution in [0.4, 0.5) is 5.13 Å². The van der Waals surface area contributed by atoms with E-state index in [1.165, 1.54) is 16.9 Å². The molecular formula is C21H20N4O2S. The molecule has 2 amide bonds. The fraction of sp³-hybridized carbons (Fsp3) is 0.238. The second kappa shape index (κ2) is 8.31. The molecule has 2 heterocycles. The maximum Gasteiger partial charge on any atom is 0.231 e. The molecule has 1 aliphatic heterocycles. The van der Waals surface area contributed by atoms with Crippen LogP contribution in [0.2, 0.25) is 0 Å². The van der Waals surface area contributed by atoms with Crippen LogP contribution in [-0.4, -0.2) is 40.0 Å². The standard InChI is InChI=1S/C21H20N4O2S/c26-18-13-17(14-25(18)12-11-15-7-3-1-4-8-15)19(27)22-21-24-23-20(28-21)16-9-5-2-6-10-16/h1-10,17H,11-14H2,(H,22,24,27)/t17-/m1/s1. The summed E-state index contributed by atoms with van der Waals surface area (Å²) in [6.07, 6.45) is 1.03. The Morgan fingerprint density at radius 2 is 1.79 bits per heavy atom. The van der Waals surface area contributed by atoms with Gasteiger partial charge in [0.2, 0.25) is 16.9 Å². The lowest BCUT2D eigenvalue weighted by molar-refractivity contribution is -0.128. The Morgan fingerprint density at radius 1 is 1.07 bits per heavy atom. The molecular weight excluding hydrogens is 372 g/mol. The second-order valence-electron chi connectivity index (χ2n) is 6.74. The van der Waals surface area contributed by atoms with Crippen molar-refractivity contribution in [1.82, 2.24) is 15.1 Å². The van der Waals surface area contributed by atoms with Gasteiger partial charge in [-0.2, -0.15) is 0 Å². The Labute approximate surface area is 167 Å². The van der Waals surface area contributed by atoms with Gasteiger partial charge in [0.15, 0.2) is 0 Å². The molecule has 0 saturated carbocycles. The zero-order valence-electron chi connectivity index (χ0n) is 15.2. The largest absolute Gasteiger partial charge is 0.342 e. The molecule has 2 aromatic carbocycles. The molecule has 1 aliphatic rings. The van der Waals surface area contributed by atoms with Gasteiger partial charge in [-0.05, 0) is 12.0 Å². The first-order valence-corrected chi connectivity index (χ1v) is 10.0. The molecule has 1 atom stereocenters. The number of likely N-dealkylation sites (tertiary alicyclic amines) is 1. The van der Waals surface area contributed by atoms with Crippen LogP contribution in [0.25, 0.3) is 10.6 Å². The highest BCUT2D eigenvalue weighted by Crippen LogP contribution is 2.27. The Kier molecular flexibility index (Phi) is 5.43. The molecule has 1 aromatic heterocycles. The average Bonchev–Trinajstić information content (AvgIpc) is 3.34. The van der Waals surface area contributed by atoms with E-state index >= 15 is 0 Å². The number of nitrogens with one attached hydrogen (secondary N) is 1. The number of carbonyl (C=O) groups excluding carboxylic acids is 2. The van der Waals surface area contributed by atoms with Gasteiger partial charge in [0.05, 0.1) is 5.92 Å². The Morgan fingerprint density at radius 3 is 2.54 bits per heavy atom. The normalized spacial score (nSPS) is 16.4. The molecule has 1 N–H and O–H groups in total. The SMILES string of the molecule is O=C(Nc1nnc(-c2ccccc2)s1)[C@@H]1CC(=O)N(CCc2ccccc2)C1. The fourth-order valence-electron chi connectivity index (χ4n) is 3.25. The van der Waals surface area contributed by atoms with Crippen LogP contribution >= 0.6 is 11.3 Å². The molecule has 4 rings (SSSR count). The van der Waals surface area contributed by atoms with E-state index in [-0.39, 0.29) is 24.2 Å². The summed E-state index contributed by atoms with van der Waals surface area (Å²) in [4.78, 5) is 26.6. The number of carbonyl (C=O) groups is 2. The van der Waals surface area contributed by atoms with E-state index in [9.17, 15) is 9.59 Å². The summed E-state index contributed by atoms with van der Waals surface area (Å²) in [6, 6.07) is 19.8. The van der Waals surface area contributed by atoms with Gasteiger partial charge >= 0.3 is 0 Å². The predicted molar refractivity (Wildman–Crippen MR) is 109 cm³/mol. The van der Waals surface area contributed by atoms with Crippen LogP contribution in [-0.2, 0) is 16.0 Å². The molecule has 6 nitrogen and oxygen atoms in total. The third-order valence-corrected chi connectivity index (χ3v) is 5.66. The first-order valence-electron chi connectivity index (χ1n) is 9.20. The van der Waals surface area contributed by atoms with Gasteiger partial charge in [0, 0.05) is 25.1 Å². The van der Waals surface area contributed by atoms with E-state index in [0.717, 1.165) is 17.0 Å². The lowest BCUT2D eigenvalue weighted by Gasteiger charge is -2.16. The van der Waals surface area contributed by atoms with Crippen molar-refractivity contribution < 1.29 is 9.59 Å². The van der Waals surface area contributed by atoms with Gasteiger partial charge in [-0.15, -0.1) is 10.2 Å². The van der Waals surface area contributed by atoms with Crippen molar-refractivity contribution in [1.29, 1.82) is 0 Å². The van der Waals surface area contributed by atoms with Crippen molar-refractivity contribution in [3.63, 3.8) is 0 Å². The minimum atomic E-state index is -0.354. The number of amides is 2. The Balaban J connectivity index is 1.33. The number of hydrogen-bond acceptors (Lipinski definition) is 5. The molecule has 3 aromatic rings. The van der Waals surface area contributed by atoms with Crippen LogP contribution in [0, 0.1) is 5.92 Å². The molecule has 0 aliphatic carbocycles. The summed E-state index contributed by atoms with van der Waals surface area (Å²) >= 11 is 1.33. The highest BCUT2D eigenvalue weighted by Gasteiger charge is 2.34. The first kappa shape index (κ1) is 18.3. The van der Waals surface area contributed by atoms with Crippen molar-refractivity contribution in [2.45, 2.75) is 12.8 Å². The molecule has 28 heavy (non-hydrogen) atoms. The van der Waals surface area contributed by atoms with Crippen molar-refractivity contribution in [2.24, 2.45) is 5.92 Å². The summed E-state index contributed by atoms with van der Waals surface area (Å²) < 4.78 is 0. The smallest absolute Gasteiger partial charge is 0.231 e. The van der Waals surface area contributed by atoms with E-state index in [2.05, 4.69) is 15.5 Å². The first-order chi connectivity index (χ1) is 13.7. The van der Waals surface area contributed by atoms with Crippen molar-refractivity contribution in [2.75, 3.05) is 18.4 Å². The molecule has 7 heteroatoms. The molecule has 0 radical (unpaired) electrons. The maximum absolute atomic E-state index is 12.6. The number of rotatable bonds is 6. The summed E-state index contributed by atoms with van der Waals surface area (Å²) in [5, 5.41) is 12.2. The molecule has 0 unspecified atom stereocenters. The average molecular weight is 392 g/mol. The van der Waals surface area contributed by atoms with E-state index in [0.29, 0.717) is 18.2 Å². The van der Waals surface area contributed by atoms with Crippen molar-refractivity contribution in [3.05, 3.63) is 66.2 Å². The fourth-order valence-corrected chi connectivity index (χ4v) is 4.00. The highest BCUT2D eigenvalue weighted by molar-refractivity contribution is 7.18. The predicted octanol–water partition coefficient (Wildman–Crippen LogP) is 3.23. The van der Waals surface area contributed by atoms with Gasteiger partial charge in [-0.3, -0.25) is 9.59 Å². The van der Waals surface area contributed by atoms with Gasteiger partial charge in [-0.25, -0.2) is 0 Å². The maximum atomic E-state index is 12.6. The number of aromatic nitrogens is 2. The van der Waals surface area contributed by atoms with Gasteiger partial charge in [0.1, 0.15) is 5.01 Å². The molecule has 1 fully saturated rings. The lowest BCUT2D eigenvalue weighted by atomic mass is 10.1. The lowest BCUT2D eigenvalue weighted by Crippen LogP contribution is -2.30. The third-order valence-electron chi connectivity index (χ3n) is 4.77. The van der Waals surface area contributed by atoms with Crippen LogP contribution in [0.15, 0.2) is 60.7 Å². The summed E-state index contributed by atoms with van der Waals surface area (Å²) in [5.41, 5.74) is 2.15. The van der Waals surface area contributed by atoms with E-state index < -0.39 is 0 Å². The Bertz CT molecular complexity index is 959. The summed E-state index contributed by atoms with van der Waals surface area (Å²) in [5.74, 6) is -0.503. The number of anilines is 1. The molecule has 1 saturated heterocycles. The summed E-state index contributed by atoms with van der Waals surface area (Å²) in [7, 11) is 0. The molecule has 0 spiro atoms. The van der Waals surface area contributed by atoms with Crippen LogP contribution in [0.3, 0.4) is 0 Å². The minimum absolute atomic E-state index is 0.0262. The topological polar surface area (TPSA) is 75.2 Å². The zero-order valence-corrected chi connectivity index (χ0v) is 16.1. The highest BCUT2D eigenvalue weighted by atomic mass is 32.1. The molecule has 142 valence electrons. The van der Waals surface area contributed by atoms with Gasteiger partial charge in [0.25, 0.3) is 0 Å². The van der Waals surface area contributed by atoms with Crippen LogP contribution < -0.4 is 5.32 Å². The van der Waals surface area contributed by atoms with Crippen LogP contribution in [0.1, 0.15) is 12.0 Å². The van der Waals surface area contributed by atoms with Gasteiger partial charge < -0.3 is 10.2 Å². The molecule has 0 bridgehead atoms. The Hall–Kier alpha value is -3.06. The number of hydrogen-bond donors (Lipinski definition) is 1. The van der Waals surface area contributed by atoms with E-state index in [4.69, 9.17) is 0 Å². The number of nitrogens with zero attached hydrogens (tertiary/aromatic N) is 3. The van der Waals surface area contributed by atoms with Crippen molar-refractivity contribution in [3.8, 4) is 10.6 Å². The van der Waals surface area contributed by atoms with E-state index in [1.807, 2.05) is 60.7 Å². The third kappa shape index (κ3) is 4.26. The quantitative estimate of drug-likeness (QED) is 0.699. The second-order valence-corrected chi connectivity index (χ2v) is 7.72. The van der Waals surface area contributed by atoms with Gasteiger partial charge in [-0.1, -0.05) is 72.0 Å². The van der Waals surface area contributed by atoms with E-state index in [1.54, 1.807) is 4.90 Å². The summed E-state index contributed by atoms with van der Waals surface area (Å²) in [6.45, 7) is 1.07. The minimum Gasteiger partial charge on any atom is -0.342 e. The van der Waals surface area contributed by atoms with Crippen LogP contribution in [0.5, 0.6) is 0 Å². The number of benzene rings is 2. The monoisotopic (exact) mass is 392 g/mol.